The fourth-order valence-electron chi connectivity index (χ4n) is 0.533. The molecule has 0 saturated heterocycles. The van der Waals surface area contributed by atoms with Crippen LogP contribution in [0.15, 0.2) is 0 Å². The van der Waals surface area contributed by atoms with Gasteiger partial charge in [0.15, 0.2) is 0 Å². The van der Waals surface area contributed by atoms with E-state index >= 15 is 0 Å². The number of Topliss-reactive ketones (excluding diaryl/α,β-unsaturated/α-hetero) is 4. The maximum absolute atomic E-state index is 11.3. The van der Waals surface area contributed by atoms with Crippen molar-refractivity contribution in [2.24, 2.45) is 0 Å². The number of rotatable bonds is 4. The number of hydrogen-bond acceptors (Lipinski definition) is 4. The van der Waals surface area contributed by atoms with E-state index in [1.54, 1.807) is 0 Å². The summed E-state index contributed by atoms with van der Waals surface area (Å²) in [5, 5.41) is 0. The number of alkyl halides is 6. The molecule has 2 N–H and O–H groups in total. The Labute approximate surface area is 130 Å². The van der Waals surface area contributed by atoms with Gasteiger partial charge in [0.1, 0.15) is 11.6 Å². The summed E-state index contributed by atoms with van der Waals surface area (Å²) in [6.07, 6.45) is -9.82. The third-order valence-electron chi connectivity index (χ3n) is 1.23. The molecule has 0 rings (SSSR count). The van der Waals surface area contributed by atoms with Gasteiger partial charge in [0.2, 0.25) is 0 Å². The van der Waals surface area contributed by atoms with Gasteiger partial charge in [0.25, 0.3) is 0 Å². The van der Waals surface area contributed by atoms with E-state index in [9.17, 15) is 45.5 Å². The van der Waals surface area contributed by atoms with E-state index in [0.717, 1.165) is 13.8 Å². The van der Waals surface area contributed by atoms with Gasteiger partial charge in [-0.25, -0.2) is 0 Å². The van der Waals surface area contributed by atoms with Crippen LogP contribution in [0.5, 0.6) is 0 Å². The summed E-state index contributed by atoms with van der Waals surface area (Å²) in [6, 6.07) is 0. The van der Waals surface area contributed by atoms with Crippen LogP contribution in [0.2, 0.25) is 0 Å². The molecule has 0 aromatic rings. The van der Waals surface area contributed by atoms with Crippen LogP contribution in [0, 0.1) is 12.8 Å². The molecule has 0 aliphatic rings. The Hall–Kier alpha value is -1.55. The molecular formula is C10H10F6NiO5. The SMILES string of the molecule is CC(=O)[CH-]C(=O)C(F)(F)F.CC(=O)[CH-]C(=O)C(F)(F)F.O.[Ni+2]. The molecule has 0 aliphatic carbocycles. The van der Waals surface area contributed by atoms with Crippen LogP contribution >= 0.6 is 0 Å². The van der Waals surface area contributed by atoms with E-state index in [-0.39, 0.29) is 34.8 Å². The van der Waals surface area contributed by atoms with Crippen molar-refractivity contribution in [3.63, 3.8) is 0 Å². The molecule has 0 saturated carbocycles. The summed E-state index contributed by atoms with van der Waals surface area (Å²) in [5.41, 5.74) is 0. The molecule has 0 atom stereocenters. The Morgan fingerprint density at radius 2 is 0.864 bits per heavy atom. The Morgan fingerprint density at radius 1 is 0.682 bits per heavy atom. The summed E-state index contributed by atoms with van der Waals surface area (Å²) >= 11 is 0. The molecule has 0 fully saturated rings. The zero-order valence-corrected chi connectivity index (χ0v) is 11.9. The Kier molecular flexibility index (Phi) is 14.4. The molecule has 132 valence electrons. The van der Waals surface area contributed by atoms with Crippen LogP contribution in [-0.2, 0) is 35.7 Å². The first-order valence-corrected chi connectivity index (χ1v) is 4.61. The van der Waals surface area contributed by atoms with Crippen LogP contribution in [0.1, 0.15) is 13.8 Å². The molecule has 0 amide bonds. The number of hydrogen-bond donors (Lipinski definition) is 0. The summed E-state index contributed by atoms with van der Waals surface area (Å²) in [7, 11) is 0. The van der Waals surface area contributed by atoms with Gasteiger partial charge in [-0.1, -0.05) is 0 Å². The molecule has 0 aromatic carbocycles. The Morgan fingerprint density at radius 3 is 0.909 bits per heavy atom. The van der Waals surface area contributed by atoms with Crippen molar-refractivity contribution in [3.8, 4) is 0 Å². The van der Waals surface area contributed by atoms with Crippen LogP contribution in [0.4, 0.5) is 26.3 Å². The van der Waals surface area contributed by atoms with Gasteiger partial charge < -0.3 is 24.7 Å². The van der Waals surface area contributed by atoms with Crippen molar-refractivity contribution in [3.05, 3.63) is 12.8 Å². The fraction of sp³-hybridized carbons (Fsp3) is 0.400. The number of carbonyl (C=O) groups is 4. The van der Waals surface area contributed by atoms with Gasteiger partial charge in [-0.15, -0.1) is 0 Å². The first-order valence-electron chi connectivity index (χ1n) is 4.61. The molecule has 22 heavy (non-hydrogen) atoms. The summed E-state index contributed by atoms with van der Waals surface area (Å²) in [4.78, 5) is 39.6. The van der Waals surface area contributed by atoms with E-state index in [1.807, 2.05) is 0 Å². The van der Waals surface area contributed by atoms with E-state index in [0.29, 0.717) is 0 Å². The summed E-state index contributed by atoms with van der Waals surface area (Å²) < 4.78 is 67.7. The van der Waals surface area contributed by atoms with Crippen molar-refractivity contribution < 1.29 is 67.5 Å². The Bertz CT molecular complexity index is 364. The van der Waals surface area contributed by atoms with Crippen LogP contribution < -0.4 is 0 Å². The molecule has 0 radical (unpaired) electrons. The van der Waals surface area contributed by atoms with E-state index in [1.165, 1.54) is 0 Å². The quantitative estimate of drug-likeness (QED) is 0.313. The molecule has 0 aliphatic heterocycles. The van der Waals surface area contributed by atoms with Gasteiger partial charge in [-0.3, -0.25) is 12.8 Å². The third-order valence-corrected chi connectivity index (χ3v) is 1.23. The minimum Gasteiger partial charge on any atom is -0.412 e. The topological polar surface area (TPSA) is 99.8 Å². The maximum atomic E-state index is 11.3. The second kappa shape index (κ2) is 11.1. The predicted molar refractivity (Wildman–Crippen MR) is 55.7 cm³/mol. The minimum absolute atomic E-state index is 0. The minimum atomic E-state index is -4.92. The second-order valence-electron chi connectivity index (χ2n) is 3.23. The third kappa shape index (κ3) is 16.5. The van der Waals surface area contributed by atoms with Crippen LogP contribution in [0.3, 0.4) is 0 Å². The van der Waals surface area contributed by atoms with Gasteiger partial charge in [-0.2, -0.15) is 26.3 Å². The zero-order chi connectivity index (χ0) is 16.7. The first-order chi connectivity index (χ1) is 8.67. The largest absolute Gasteiger partial charge is 2.00 e. The number of halogens is 6. The van der Waals surface area contributed by atoms with Gasteiger partial charge in [0.05, 0.1) is 0 Å². The fourth-order valence-corrected chi connectivity index (χ4v) is 0.533. The molecular weight excluding hydrogens is 373 g/mol. The molecule has 0 heterocycles. The number of ketones is 4. The molecule has 12 heteroatoms. The summed E-state index contributed by atoms with van der Waals surface area (Å²) in [6.45, 7) is 1.76. The van der Waals surface area contributed by atoms with Crippen LogP contribution in [0.25, 0.3) is 0 Å². The van der Waals surface area contributed by atoms with E-state index in [4.69, 9.17) is 0 Å². The standard InChI is InChI=1S/2C5H4F3O2.Ni.H2O/c2*1-3(9)2-4(10)5(6,7)8;;/h2*2H,1H3;;1H2/q2*-1;+2;. The second-order valence-corrected chi connectivity index (χ2v) is 3.23. The van der Waals surface area contributed by atoms with E-state index < -0.39 is 35.5 Å². The maximum Gasteiger partial charge on any atom is 2.00 e. The number of carbonyl (C=O) groups excluding carboxylic acids is 4. The van der Waals surface area contributed by atoms with Crippen LogP contribution in [-0.4, -0.2) is 41.0 Å². The zero-order valence-electron chi connectivity index (χ0n) is 10.9. The Balaban J connectivity index is -0.000000135. The smallest absolute Gasteiger partial charge is 0.412 e. The normalized spacial score (nSPS) is 9.82. The van der Waals surface area contributed by atoms with Gasteiger partial charge >= 0.3 is 28.8 Å². The summed E-state index contributed by atoms with van der Waals surface area (Å²) in [5.74, 6) is -6.02. The molecule has 0 aromatic heterocycles. The average Bonchev–Trinajstić information content (AvgIpc) is 2.13. The van der Waals surface area contributed by atoms with Crippen molar-refractivity contribution in [2.75, 3.05) is 0 Å². The van der Waals surface area contributed by atoms with Crippen molar-refractivity contribution in [1.29, 1.82) is 0 Å². The first kappa shape index (κ1) is 28.6. The monoisotopic (exact) mass is 382 g/mol. The predicted octanol–water partition coefficient (Wildman–Crippen LogP) is 0.995. The van der Waals surface area contributed by atoms with Crippen molar-refractivity contribution >= 4 is 23.1 Å². The van der Waals surface area contributed by atoms with Crippen molar-refractivity contribution in [1.82, 2.24) is 0 Å². The molecule has 0 spiro atoms. The van der Waals surface area contributed by atoms with Gasteiger partial charge in [0, 0.05) is 11.6 Å². The van der Waals surface area contributed by atoms with Crippen molar-refractivity contribution in [2.45, 2.75) is 26.2 Å². The molecule has 0 bridgehead atoms. The molecule has 5 nitrogen and oxygen atoms in total. The van der Waals surface area contributed by atoms with Gasteiger partial charge in [-0.05, 0) is 13.8 Å². The van der Waals surface area contributed by atoms with E-state index in [2.05, 4.69) is 0 Å². The molecule has 0 unspecified atom stereocenters. The average molecular weight is 383 g/mol.